The summed E-state index contributed by atoms with van der Waals surface area (Å²) in [5.41, 5.74) is 3.51. The molecule has 0 atom stereocenters. The van der Waals surface area contributed by atoms with E-state index in [0.29, 0.717) is 22.2 Å². The van der Waals surface area contributed by atoms with Gasteiger partial charge in [0, 0.05) is 37.8 Å². The second-order valence-electron chi connectivity index (χ2n) is 4.92. The summed E-state index contributed by atoms with van der Waals surface area (Å²) in [7, 11) is 0. The quantitative estimate of drug-likeness (QED) is 0.615. The molecule has 3 aromatic rings. The summed E-state index contributed by atoms with van der Waals surface area (Å²) in [4.78, 5) is 11.4. The summed E-state index contributed by atoms with van der Waals surface area (Å²) >= 11 is 12.5. The molecular formula is C17H13Cl2NO. The number of carbonyl (C=O) groups excluding carboxylic acids is 1. The van der Waals surface area contributed by atoms with Crippen LogP contribution in [0.15, 0.2) is 42.5 Å². The number of rotatable bonds is 3. The zero-order valence-electron chi connectivity index (χ0n) is 11.4. The first kappa shape index (κ1) is 14.2. The van der Waals surface area contributed by atoms with Gasteiger partial charge >= 0.3 is 0 Å². The van der Waals surface area contributed by atoms with E-state index in [2.05, 4.69) is 4.57 Å². The van der Waals surface area contributed by atoms with Crippen molar-refractivity contribution >= 4 is 40.4 Å². The van der Waals surface area contributed by atoms with Gasteiger partial charge in [0.2, 0.25) is 0 Å². The minimum atomic E-state index is 0.540. The van der Waals surface area contributed by atoms with E-state index >= 15 is 0 Å². The summed E-state index contributed by atoms with van der Waals surface area (Å²) in [6.07, 6.45) is 0.905. The highest BCUT2D eigenvalue weighted by atomic mass is 35.5. The van der Waals surface area contributed by atoms with E-state index < -0.39 is 0 Å². The van der Waals surface area contributed by atoms with Gasteiger partial charge in [-0.15, -0.1) is 0 Å². The summed E-state index contributed by atoms with van der Waals surface area (Å²) < 4.78 is 2.08. The van der Waals surface area contributed by atoms with Crippen LogP contribution in [0.5, 0.6) is 0 Å². The van der Waals surface area contributed by atoms with Gasteiger partial charge in [-0.3, -0.25) is 4.79 Å². The average molecular weight is 318 g/mol. The molecule has 0 fully saturated rings. The Hall–Kier alpha value is -1.77. The lowest BCUT2D eigenvalue weighted by atomic mass is 10.1. The first-order valence-electron chi connectivity index (χ1n) is 6.59. The molecule has 0 radical (unpaired) electrons. The molecule has 106 valence electrons. The maximum Gasteiger partial charge on any atom is 0.152 e. The Morgan fingerprint density at radius 1 is 1.05 bits per heavy atom. The van der Waals surface area contributed by atoms with Crippen LogP contribution in [0.25, 0.3) is 10.9 Å². The highest BCUT2D eigenvalue weighted by molar-refractivity contribution is 6.36. The predicted molar refractivity (Wildman–Crippen MR) is 87.6 cm³/mol. The molecule has 0 aliphatic rings. The van der Waals surface area contributed by atoms with Crippen LogP contribution in [0.1, 0.15) is 21.6 Å². The molecule has 0 bridgehead atoms. The fraction of sp³-hybridized carbons (Fsp3) is 0.118. The van der Waals surface area contributed by atoms with Crippen molar-refractivity contribution in [1.82, 2.24) is 4.57 Å². The molecule has 1 aromatic heterocycles. The van der Waals surface area contributed by atoms with Crippen LogP contribution in [0.2, 0.25) is 10.0 Å². The lowest BCUT2D eigenvalue weighted by Gasteiger charge is -2.11. The van der Waals surface area contributed by atoms with Gasteiger partial charge in [0.1, 0.15) is 0 Å². The van der Waals surface area contributed by atoms with Gasteiger partial charge in [0.05, 0.1) is 6.54 Å². The van der Waals surface area contributed by atoms with E-state index in [-0.39, 0.29) is 0 Å². The number of halogens is 2. The van der Waals surface area contributed by atoms with Gasteiger partial charge in [-0.2, -0.15) is 0 Å². The smallest absolute Gasteiger partial charge is 0.152 e. The van der Waals surface area contributed by atoms with E-state index in [1.54, 1.807) is 0 Å². The SMILES string of the molecule is Cc1c(C=O)c2ccccc2n1Cc1c(Cl)cccc1Cl. The number of para-hydroxylation sites is 1. The van der Waals surface area contributed by atoms with Crippen molar-refractivity contribution < 1.29 is 4.79 Å². The van der Waals surface area contributed by atoms with E-state index in [1.165, 1.54) is 0 Å². The molecule has 0 aliphatic heterocycles. The molecule has 2 nitrogen and oxygen atoms in total. The van der Waals surface area contributed by atoms with Gasteiger partial charge in [-0.25, -0.2) is 0 Å². The number of aldehydes is 1. The molecule has 0 saturated heterocycles. The Bertz CT molecular complexity index is 816. The summed E-state index contributed by atoms with van der Waals surface area (Å²) in [5.74, 6) is 0. The first-order chi connectivity index (χ1) is 10.1. The van der Waals surface area contributed by atoms with Gasteiger partial charge in [-0.05, 0) is 25.1 Å². The maximum atomic E-state index is 11.4. The third-order valence-corrected chi connectivity index (χ3v) is 4.48. The molecule has 0 aliphatic carbocycles. The number of fused-ring (bicyclic) bond motifs is 1. The number of benzene rings is 2. The van der Waals surface area contributed by atoms with Crippen LogP contribution < -0.4 is 0 Å². The fourth-order valence-corrected chi connectivity index (χ4v) is 3.17. The normalized spacial score (nSPS) is 11.0. The van der Waals surface area contributed by atoms with Crippen molar-refractivity contribution in [3.63, 3.8) is 0 Å². The van der Waals surface area contributed by atoms with E-state index in [0.717, 1.165) is 28.4 Å². The monoisotopic (exact) mass is 317 g/mol. The molecule has 3 rings (SSSR count). The Labute approximate surface area is 132 Å². The molecule has 0 unspecified atom stereocenters. The molecule has 0 N–H and O–H groups in total. The van der Waals surface area contributed by atoms with E-state index in [4.69, 9.17) is 23.2 Å². The van der Waals surface area contributed by atoms with Crippen molar-refractivity contribution in [3.05, 3.63) is 69.3 Å². The standard InChI is InChI=1S/C17H13Cl2NO/c1-11-14(10-21)12-5-2-3-8-17(12)20(11)9-13-15(18)6-4-7-16(13)19/h2-8,10H,9H2,1H3. The number of hydrogen-bond acceptors (Lipinski definition) is 1. The van der Waals surface area contributed by atoms with Gasteiger partial charge in [0.15, 0.2) is 6.29 Å². The zero-order valence-corrected chi connectivity index (χ0v) is 12.9. The second-order valence-corrected chi connectivity index (χ2v) is 5.73. The van der Waals surface area contributed by atoms with Crippen LogP contribution in [0.3, 0.4) is 0 Å². The predicted octanol–water partition coefficient (Wildman–Crippen LogP) is 5.12. The van der Waals surface area contributed by atoms with Crippen molar-refractivity contribution in [2.75, 3.05) is 0 Å². The lowest BCUT2D eigenvalue weighted by molar-refractivity contribution is 0.112. The van der Waals surface area contributed by atoms with Crippen molar-refractivity contribution in [2.24, 2.45) is 0 Å². The Morgan fingerprint density at radius 2 is 1.71 bits per heavy atom. The molecule has 0 amide bonds. The zero-order chi connectivity index (χ0) is 15.0. The number of aromatic nitrogens is 1. The van der Waals surface area contributed by atoms with Crippen LogP contribution in [-0.2, 0) is 6.54 Å². The lowest BCUT2D eigenvalue weighted by Crippen LogP contribution is -2.03. The molecule has 1 heterocycles. The molecule has 21 heavy (non-hydrogen) atoms. The molecule has 0 spiro atoms. The van der Waals surface area contributed by atoms with Crippen LogP contribution in [0, 0.1) is 6.92 Å². The molecular weight excluding hydrogens is 305 g/mol. The highest BCUT2D eigenvalue weighted by Crippen LogP contribution is 2.30. The summed E-state index contributed by atoms with van der Waals surface area (Å²) in [6.45, 7) is 2.48. The van der Waals surface area contributed by atoms with Crippen LogP contribution in [0.4, 0.5) is 0 Å². The topological polar surface area (TPSA) is 22.0 Å². The number of nitrogens with zero attached hydrogens (tertiary/aromatic N) is 1. The number of hydrogen-bond donors (Lipinski definition) is 0. The minimum Gasteiger partial charge on any atom is -0.340 e. The largest absolute Gasteiger partial charge is 0.340 e. The first-order valence-corrected chi connectivity index (χ1v) is 7.35. The second kappa shape index (κ2) is 5.55. The van der Waals surface area contributed by atoms with Crippen molar-refractivity contribution in [2.45, 2.75) is 13.5 Å². The summed E-state index contributed by atoms with van der Waals surface area (Å²) in [5, 5.41) is 2.22. The van der Waals surface area contributed by atoms with Gasteiger partial charge < -0.3 is 4.57 Å². The Morgan fingerprint density at radius 3 is 2.38 bits per heavy atom. The minimum absolute atomic E-state index is 0.540. The molecule has 0 saturated carbocycles. The third kappa shape index (κ3) is 2.35. The average Bonchev–Trinajstić information content (AvgIpc) is 2.75. The number of carbonyl (C=O) groups is 1. The van der Waals surface area contributed by atoms with Crippen molar-refractivity contribution in [1.29, 1.82) is 0 Å². The van der Waals surface area contributed by atoms with E-state index in [1.807, 2.05) is 49.4 Å². The van der Waals surface area contributed by atoms with Crippen LogP contribution in [-0.4, -0.2) is 10.9 Å². The van der Waals surface area contributed by atoms with E-state index in [9.17, 15) is 4.79 Å². The van der Waals surface area contributed by atoms with Crippen molar-refractivity contribution in [3.8, 4) is 0 Å². The highest BCUT2D eigenvalue weighted by Gasteiger charge is 2.15. The fourth-order valence-electron chi connectivity index (χ4n) is 2.65. The maximum absolute atomic E-state index is 11.4. The summed E-state index contributed by atoms with van der Waals surface area (Å²) in [6, 6.07) is 13.3. The van der Waals surface area contributed by atoms with Gasteiger partial charge in [0.25, 0.3) is 0 Å². The van der Waals surface area contributed by atoms with Crippen LogP contribution >= 0.6 is 23.2 Å². The van der Waals surface area contributed by atoms with Gasteiger partial charge in [-0.1, -0.05) is 47.5 Å². The molecule has 2 aromatic carbocycles. The Balaban J connectivity index is 2.22. The Kier molecular flexibility index (Phi) is 3.75. The molecule has 4 heteroatoms. The third-order valence-electron chi connectivity index (χ3n) is 3.78.